The van der Waals surface area contributed by atoms with E-state index in [0.29, 0.717) is 6.54 Å². The second-order valence-electron chi connectivity index (χ2n) is 7.55. The topological polar surface area (TPSA) is 82.6 Å². The van der Waals surface area contributed by atoms with E-state index in [1.807, 2.05) is 24.3 Å². The molecule has 1 aliphatic carbocycles. The number of guanidine groups is 1. The van der Waals surface area contributed by atoms with Crippen molar-refractivity contribution in [1.29, 1.82) is 0 Å². The third-order valence-electron chi connectivity index (χ3n) is 5.26. The van der Waals surface area contributed by atoms with Gasteiger partial charge >= 0.3 is 0 Å². The summed E-state index contributed by atoms with van der Waals surface area (Å²) < 4.78 is 25.6. The molecule has 0 unspecified atom stereocenters. The molecule has 8 heteroatoms. The lowest BCUT2D eigenvalue weighted by molar-refractivity contribution is 0.332. The predicted octanol–water partition coefficient (Wildman–Crippen LogP) is 3.77. The Labute approximate surface area is 193 Å². The Bertz CT molecular complexity index is 702. The van der Waals surface area contributed by atoms with Gasteiger partial charge in [-0.3, -0.25) is 0 Å². The number of nitrogens with zero attached hydrogens (tertiary/aromatic N) is 1. The van der Waals surface area contributed by atoms with Crippen LogP contribution in [0.15, 0.2) is 29.3 Å². The van der Waals surface area contributed by atoms with E-state index in [-0.39, 0.29) is 29.7 Å². The Morgan fingerprint density at radius 2 is 1.72 bits per heavy atom. The minimum atomic E-state index is -3.24. The first-order valence-electron chi connectivity index (χ1n) is 10.5. The van der Waals surface area contributed by atoms with Gasteiger partial charge in [-0.15, -0.1) is 24.0 Å². The number of hydrogen-bond acceptors (Lipinski definition) is 3. The van der Waals surface area contributed by atoms with Crippen LogP contribution in [0.4, 0.5) is 0 Å². The average Bonchev–Trinajstić information content (AvgIpc) is 2.71. The van der Waals surface area contributed by atoms with E-state index in [2.05, 4.69) is 27.3 Å². The van der Waals surface area contributed by atoms with Gasteiger partial charge in [0, 0.05) is 13.1 Å². The zero-order valence-corrected chi connectivity index (χ0v) is 20.9. The monoisotopic (exact) mass is 536 g/mol. The van der Waals surface area contributed by atoms with Gasteiger partial charge in [0.25, 0.3) is 0 Å². The lowest BCUT2D eigenvalue weighted by Crippen LogP contribution is -2.37. The second-order valence-corrected chi connectivity index (χ2v) is 9.47. The fourth-order valence-electron chi connectivity index (χ4n) is 3.62. The van der Waals surface area contributed by atoms with Crippen molar-refractivity contribution in [3.63, 3.8) is 0 Å². The summed E-state index contributed by atoms with van der Waals surface area (Å²) in [5.41, 5.74) is 1.83. The summed E-state index contributed by atoms with van der Waals surface area (Å²) in [5, 5.41) is 6.72. The Balaban J connectivity index is 0.00000420. The van der Waals surface area contributed by atoms with Crippen molar-refractivity contribution < 1.29 is 8.42 Å². The summed E-state index contributed by atoms with van der Waals surface area (Å²) in [6.07, 6.45) is 9.52. The summed E-state index contributed by atoms with van der Waals surface area (Å²) in [4.78, 5) is 4.65. The Morgan fingerprint density at radius 1 is 1.07 bits per heavy atom. The van der Waals surface area contributed by atoms with Crippen LogP contribution in [0.3, 0.4) is 0 Å². The van der Waals surface area contributed by atoms with Crippen LogP contribution in [0.1, 0.15) is 63.0 Å². The average molecular weight is 537 g/mol. The molecule has 1 aliphatic rings. The molecule has 2 rings (SSSR count). The summed E-state index contributed by atoms with van der Waals surface area (Å²) in [6, 6.07) is 7.59. The molecule has 29 heavy (non-hydrogen) atoms. The lowest BCUT2D eigenvalue weighted by Gasteiger charge is -2.21. The van der Waals surface area contributed by atoms with Crippen molar-refractivity contribution in [2.45, 2.75) is 64.2 Å². The summed E-state index contributed by atoms with van der Waals surface area (Å²) in [5.74, 6) is 1.76. The van der Waals surface area contributed by atoms with Crippen molar-refractivity contribution in [3.8, 4) is 0 Å². The van der Waals surface area contributed by atoms with E-state index in [0.717, 1.165) is 36.1 Å². The molecular formula is C21H37IN4O2S. The Morgan fingerprint density at radius 3 is 2.34 bits per heavy atom. The number of aliphatic imine (C=N–C) groups is 1. The van der Waals surface area contributed by atoms with E-state index in [1.54, 1.807) is 0 Å². The van der Waals surface area contributed by atoms with Gasteiger partial charge in [0.15, 0.2) is 5.96 Å². The second kappa shape index (κ2) is 14.2. The summed E-state index contributed by atoms with van der Waals surface area (Å²) in [6.45, 7) is 4.41. The minimum Gasteiger partial charge on any atom is -0.357 e. The smallest absolute Gasteiger partial charge is 0.215 e. The van der Waals surface area contributed by atoms with E-state index < -0.39 is 10.0 Å². The predicted molar refractivity (Wildman–Crippen MR) is 132 cm³/mol. The fourth-order valence-corrected chi connectivity index (χ4v) is 4.39. The fraction of sp³-hybridized carbons (Fsp3) is 0.667. The first-order valence-corrected chi connectivity index (χ1v) is 12.2. The van der Waals surface area contributed by atoms with Gasteiger partial charge in [-0.05, 0) is 43.9 Å². The maximum Gasteiger partial charge on any atom is 0.215 e. The number of hydrogen-bond donors (Lipinski definition) is 3. The number of halogens is 1. The SMILES string of the molecule is CCNC(=NCc1ccc(CS(=O)(=O)NC)cc1)NCCCC1CCCCC1.I. The number of benzene rings is 1. The van der Waals surface area contributed by atoms with Crippen molar-refractivity contribution in [1.82, 2.24) is 15.4 Å². The van der Waals surface area contributed by atoms with Crippen LogP contribution >= 0.6 is 24.0 Å². The highest BCUT2D eigenvalue weighted by Crippen LogP contribution is 2.26. The van der Waals surface area contributed by atoms with Crippen LogP contribution in [0.25, 0.3) is 0 Å². The van der Waals surface area contributed by atoms with Gasteiger partial charge in [-0.1, -0.05) is 56.4 Å². The number of sulfonamides is 1. The van der Waals surface area contributed by atoms with Crippen LogP contribution < -0.4 is 15.4 Å². The third-order valence-corrected chi connectivity index (χ3v) is 6.60. The molecule has 1 saturated carbocycles. The van der Waals surface area contributed by atoms with Gasteiger partial charge in [0.1, 0.15) is 0 Å². The molecule has 166 valence electrons. The summed E-state index contributed by atoms with van der Waals surface area (Å²) >= 11 is 0. The maximum atomic E-state index is 11.6. The van der Waals surface area contributed by atoms with Crippen LogP contribution in [0.5, 0.6) is 0 Å². The van der Waals surface area contributed by atoms with Crippen molar-refractivity contribution in [3.05, 3.63) is 35.4 Å². The van der Waals surface area contributed by atoms with Gasteiger partial charge in [-0.2, -0.15) is 0 Å². The normalized spacial score (nSPS) is 15.6. The first-order chi connectivity index (χ1) is 13.5. The van der Waals surface area contributed by atoms with Gasteiger partial charge in [0.05, 0.1) is 12.3 Å². The largest absolute Gasteiger partial charge is 0.357 e. The molecule has 0 saturated heterocycles. The molecule has 0 aliphatic heterocycles. The molecule has 3 N–H and O–H groups in total. The zero-order chi connectivity index (χ0) is 20.2. The molecule has 6 nitrogen and oxygen atoms in total. The van der Waals surface area contributed by atoms with Crippen LogP contribution in [-0.4, -0.2) is 34.5 Å². The minimum absolute atomic E-state index is 0. The van der Waals surface area contributed by atoms with E-state index >= 15 is 0 Å². The molecule has 0 amide bonds. The highest BCUT2D eigenvalue weighted by atomic mass is 127. The molecule has 0 atom stereocenters. The quantitative estimate of drug-likeness (QED) is 0.184. The van der Waals surface area contributed by atoms with E-state index in [9.17, 15) is 8.42 Å². The Hall–Kier alpha value is -0.870. The molecule has 0 radical (unpaired) electrons. The lowest BCUT2D eigenvalue weighted by atomic mass is 9.86. The molecular weight excluding hydrogens is 499 g/mol. The van der Waals surface area contributed by atoms with E-state index in [4.69, 9.17) is 0 Å². The van der Waals surface area contributed by atoms with Crippen LogP contribution in [0.2, 0.25) is 0 Å². The molecule has 0 aromatic heterocycles. The van der Waals surface area contributed by atoms with Crippen molar-refractivity contribution in [2.24, 2.45) is 10.9 Å². The van der Waals surface area contributed by atoms with Crippen LogP contribution in [0, 0.1) is 5.92 Å². The standard InChI is InChI=1S/C21H36N4O2S.HI/c1-3-23-21(24-15-7-10-18-8-5-4-6-9-18)25-16-19-11-13-20(14-12-19)17-28(26,27)22-2;/h11-14,18,22H,3-10,15-17H2,1-2H3,(H2,23,24,25);1H. The zero-order valence-electron chi connectivity index (χ0n) is 17.7. The molecule has 1 fully saturated rings. The molecule has 1 aromatic carbocycles. The molecule has 1 aromatic rings. The highest BCUT2D eigenvalue weighted by molar-refractivity contribution is 14.0. The first kappa shape index (κ1) is 26.2. The maximum absolute atomic E-state index is 11.6. The van der Waals surface area contributed by atoms with Gasteiger partial charge in [0.2, 0.25) is 10.0 Å². The Kier molecular flexibility index (Phi) is 12.8. The van der Waals surface area contributed by atoms with Crippen molar-refractivity contribution >= 4 is 40.0 Å². The van der Waals surface area contributed by atoms with Crippen LogP contribution in [-0.2, 0) is 22.3 Å². The van der Waals surface area contributed by atoms with E-state index in [1.165, 1.54) is 52.0 Å². The number of rotatable bonds is 10. The molecule has 0 heterocycles. The van der Waals surface area contributed by atoms with Gasteiger partial charge < -0.3 is 10.6 Å². The number of nitrogens with one attached hydrogen (secondary N) is 3. The highest BCUT2D eigenvalue weighted by Gasteiger charge is 2.12. The molecule has 0 bridgehead atoms. The third kappa shape index (κ3) is 10.6. The van der Waals surface area contributed by atoms with Gasteiger partial charge in [-0.25, -0.2) is 18.1 Å². The van der Waals surface area contributed by atoms with Crippen molar-refractivity contribution in [2.75, 3.05) is 20.1 Å². The molecule has 0 spiro atoms. The summed E-state index contributed by atoms with van der Waals surface area (Å²) in [7, 11) is -1.80.